The molecule has 0 atom stereocenters. The van der Waals surface area contributed by atoms with Crippen LogP contribution in [-0.2, 0) is 9.53 Å². The first-order valence-electron chi connectivity index (χ1n) is 10.4. The van der Waals surface area contributed by atoms with Crippen molar-refractivity contribution in [2.24, 2.45) is 0 Å². The average Bonchev–Trinajstić information content (AvgIpc) is 3.24. The van der Waals surface area contributed by atoms with Crippen LogP contribution in [0.15, 0.2) is 42.7 Å². The Morgan fingerprint density at radius 1 is 1.19 bits per heavy atom. The second kappa shape index (κ2) is 9.74. The minimum Gasteiger partial charge on any atom is -0.450 e. The van der Waals surface area contributed by atoms with E-state index >= 15 is 0 Å². The summed E-state index contributed by atoms with van der Waals surface area (Å²) in [5.41, 5.74) is 1.13. The number of thiophene rings is 1. The SMILES string of the molecule is CCOC(=O)N1CCC(NC(=O)CNc2ncnc3sc(-c4ccccc4)cc23)CC1. The highest BCUT2D eigenvalue weighted by molar-refractivity contribution is 7.21. The summed E-state index contributed by atoms with van der Waals surface area (Å²) in [6.45, 7) is 3.46. The van der Waals surface area contributed by atoms with Gasteiger partial charge in [0.2, 0.25) is 5.91 Å². The van der Waals surface area contributed by atoms with E-state index in [0.29, 0.717) is 38.4 Å². The summed E-state index contributed by atoms with van der Waals surface area (Å²) in [4.78, 5) is 36.6. The molecule has 0 radical (unpaired) electrons. The highest BCUT2D eigenvalue weighted by Gasteiger charge is 2.24. The van der Waals surface area contributed by atoms with Crippen LogP contribution >= 0.6 is 11.3 Å². The molecule has 3 heterocycles. The third kappa shape index (κ3) is 5.11. The Balaban J connectivity index is 1.33. The van der Waals surface area contributed by atoms with E-state index < -0.39 is 0 Å². The highest BCUT2D eigenvalue weighted by atomic mass is 32.1. The molecule has 1 fully saturated rings. The molecule has 2 aromatic heterocycles. The number of nitrogens with zero attached hydrogens (tertiary/aromatic N) is 3. The van der Waals surface area contributed by atoms with E-state index in [1.807, 2.05) is 18.2 Å². The Morgan fingerprint density at radius 2 is 1.97 bits per heavy atom. The topological polar surface area (TPSA) is 96.5 Å². The van der Waals surface area contributed by atoms with Crippen LogP contribution in [0.25, 0.3) is 20.7 Å². The zero-order valence-corrected chi connectivity index (χ0v) is 18.2. The van der Waals surface area contributed by atoms with Crippen molar-refractivity contribution in [2.45, 2.75) is 25.8 Å². The quantitative estimate of drug-likeness (QED) is 0.610. The van der Waals surface area contributed by atoms with E-state index in [9.17, 15) is 9.59 Å². The Morgan fingerprint density at radius 3 is 2.71 bits per heavy atom. The van der Waals surface area contributed by atoms with Crippen molar-refractivity contribution in [2.75, 3.05) is 31.6 Å². The number of benzene rings is 1. The average molecular weight is 440 g/mol. The van der Waals surface area contributed by atoms with Crippen LogP contribution < -0.4 is 10.6 Å². The molecule has 162 valence electrons. The molecule has 9 heteroatoms. The first-order chi connectivity index (χ1) is 15.1. The van der Waals surface area contributed by atoms with Gasteiger partial charge in [0.15, 0.2) is 0 Å². The maximum Gasteiger partial charge on any atom is 0.409 e. The van der Waals surface area contributed by atoms with Crippen LogP contribution in [0.3, 0.4) is 0 Å². The molecule has 1 aliphatic rings. The second-order valence-electron chi connectivity index (χ2n) is 7.30. The molecule has 2 amide bonds. The van der Waals surface area contributed by atoms with Gasteiger partial charge >= 0.3 is 6.09 Å². The molecule has 4 rings (SSSR count). The van der Waals surface area contributed by atoms with Gasteiger partial charge in [0.25, 0.3) is 0 Å². The molecule has 8 nitrogen and oxygen atoms in total. The molecule has 0 saturated carbocycles. The van der Waals surface area contributed by atoms with Crippen LogP contribution in [-0.4, -0.2) is 59.2 Å². The number of aromatic nitrogens is 2. The van der Waals surface area contributed by atoms with Crippen molar-refractivity contribution >= 4 is 39.4 Å². The van der Waals surface area contributed by atoms with E-state index in [1.54, 1.807) is 23.2 Å². The van der Waals surface area contributed by atoms with Gasteiger partial charge < -0.3 is 20.3 Å². The number of carbonyl (C=O) groups excluding carboxylic acids is 2. The molecule has 1 aliphatic heterocycles. The van der Waals surface area contributed by atoms with Gasteiger partial charge in [0, 0.05) is 24.0 Å². The van der Waals surface area contributed by atoms with Crippen molar-refractivity contribution < 1.29 is 14.3 Å². The lowest BCUT2D eigenvalue weighted by Gasteiger charge is -2.31. The molecular formula is C22H25N5O3S. The summed E-state index contributed by atoms with van der Waals surface area (Å²) >= 11 is 1.60. The van der Waals surface area contributed by atoms with Crippen LogP contribution in [0.2, 0.25) is 0 Å². The summed E-state index contributed by atoms with van der Waals surface area (Å²) in [5, 5.41) is 7.09. The third-order valence-electron chi connectivity index (χ3n) is 5.19. The standard InChI is InChI=1S/C22H25N5O3S/c1-2-30-22(29)27-10-8-16(9-11-27)26-19(28)13-23-20-17-12-18(15-6-4-3-5-7-15)31-21(17)25-14-24-20/h3-7,12,14,16H,2,8-11,13H2,1H3,(H,26,28)(H,23,24,25). The molecule has 0 aliphatic carbocycles. The van der Waals surface area contributed by atoms with Gasteiger partial charge in [0.1, 0.15) is 17.0 Å². The van der Waals surface area contributed by atoms with Gasteiger partial charge in [-0.2, -0.15) is 0 Å². The fourth-order valence-electron chi connectivity index (χ4n) is 3.60. The number of ether oxygens (including phenoxy) is 1. The van der Waals surface area contributed by atoms with E-state index in [0.717, 1.165) is 20.7 Å². The first-order valence-corrected chi connectivity index (χ1v) is 11.2. The number of piperidine rings is 1. The lowest BCUT2D eigenvalue weighted by atomic mass is 10.1. The molecule has 31 heavy (non-hydrogen) atoms. The van der Waals surface area contributed by atoms with Gasteiger partial charge in [-0.1, -0.05) is 30.3 Å². The minimum atomic E-state index is -0.285. The van der Waals surface area contributed by atoms with Crippen LogP contribution in [0, 0.1) is 0 Å². The summed E-state index contributed by atoms with van der Waals surface area (Å²) < 4.78 is 5.03. The van der Waals surface area contributed by atoms with Gasteiger partial charge in [0.05, 0.1) is 18.5 Å². The fourth-order valence-corrected chi connectivity index (χ4v) is 4.61. The number of rotatable bonds is 6. The molecule has 1 aromatic carbocycles. The van der Waals surface area contributed by atoms with Crippen molar-refractivity contribution in [3.63, 3.8) is 0 Å². The predicted molar refractivity (Wildman–Crippen MR) is 121 cm³/mol. The smallest absolute Gasteiger partial charge is 0.409 e. The third-order valence-corrected chi connectivity index (χ3v) is 6.28. The Labute approximate surface area is 184 Å². The van der Waals surface area contributed by atoms with Gasteiger partial charge in [-0.3, -0.25) is 4.79 Å². The van der Waals surface area contributed by atoms with Crippen molar-refractivity contribution in [1.82, 2.24) is 20.2 Å². The molecular weight excluding hydrogens is 414 g/mol. The number of hydrogen-bond donors (Lipinski definition) is 2. The lowest BCUT2D eigenvalue weighted by molar-refractivity contribution is -0.120. The molecule has 3 aromatic rings. The number of amides is 2. The number of fused-ring (bicyclic) bond motifs is 1. The first kappa shape index (κ1) is 21.0. The number of hydrogen-bond acceptors (Lipinski definition) is 7. The fraction of sp³-hybridized carbons (Fsp3) is 0.364. The monoisotopic (exact) mass is 439 g/mol. The van der Waals surface area contributed by atoms with Crippen LogP contribution in [0.5, 0.6) is 0 Å². The largest absolute Gasteiger partial charge is 0.450 e. The van der Waals surface area contributed by atoms with Gasteiger partial charge in [-0.25, -0.2) is 14.8 Å². The molecule has 0 bridgehead atoms. The summed E-state index contributed by atoms with van der Waals surface area (Å²) in [5.74, 6) is 0.551. The normalized spacial score (nSPS) is 14.4. The highest BCUT2D eigenvalue weighted by Crippen LogP contribution is 2.34. The number of carbonyl (C=O) groups is 2. The van der Waals surface area contributed by atoms with Crippen molar-refractivity contribution in [3.8, 4) is 10.4 Å². The predicted octanol–water partition coefficient (Wildman–Crippen LogP) is 3.51. The summed E-state index contributed by atoms with van der Waals surface area (Å²) in [6, 6.07) is 12.2. The minimum absolute atomic E-state index is 0.0521. The zero-order chi connectivity index (χ0) is 21.6. The summed E-state index contributed by atoms with van der Waals surface area (Å²) in [6.07, 6.45) is 2.66. The number of anilines is 1. The van der Waals surface area contributed by atoms with Crippen molar-refractivity contribution in [1.29, 1.82) is 0 Å². The van der Waals surface area contributed by atoms with Gasteiger partial charge in [-0.05, 0) is 31.4 Å². The van der Waals surface area contributed by atoms with Crippen molar-refractivity contribution in [3.05, 3.63) is 42.7 Å². The lowest BCUT2D eigenvalue weighted by Crippen LogP contribution is -2.47. The Hall–Kier alpha value is -3.20. The van der Waals surface area contributed by atoms with E-state index in [4.69, 9.17) is 4.74 Å². The van der Waals surface area contributed by atoms with E-state index in [1.165, 1.54) is 6.33 Å². The molecule has 1 saturated heterocycles. The summed E-state index contributed by atoms with van der Waals surface area (Å²) in [7, 11) is 0. The van der Waals surface area contributed by atoms with Gasteiger partial charge in [-0.15, -0.1) is 11.3 Å². The maximum atomic E-state index is 12.4. The second-order valence-corrected chi connectivity index (χ2v) is 8.33. The van der Waals surface area contributed by atoms with E-state index in [-0.39, 0.29) is 24.6 Å². The molecule has 0 unspecified atom stereocenters. The maximum absolute atomic E-state index is 12.4. The van der Waals surface area contributed by atoms with Crippen LogP contribution in [0.4, 0.5) is 10.6 Å². The van der Waals surface area contributed by atoms with E-state index in [2.05, 4.69) is 38.8 Å². The zero-order valence-electron chi connectivity index (χ0n) is 17.3. The number of likely N-dealkylation sites (tertiary alicyclic amines) is 1. The molecule has 2 N–H and O–H groups in total. The Bertz CT molecular complexity index is 1050. The molecule has 0 spiro atoms. The Kier molecular flexibility index (Phi) is 6.61. The van der Waals surface area contributed by atoms with Crippen LogP contribution in [0.1, 0.15) is 19.8 Å². The number of nitrogens with one attached hydrogen (secondary N) is 2.